The van der Waals surface area contributed by atoms with Crippen molar-refractivity contribution in [2.75, 3.05) is 11.6 Å². The lowest BCUT2D eigenvalue weighted by atomic mass is 9.90. The summed E-state index contributed by atoms with van der Waals surface area (Å²) in [5.74, 6) is -4.32. The molecule has 3 N–H and O–H groups in total. The zero-order valence-electron chi connectivity index (χ0n) is 20.9. The first-order valence-electron chi connectivity index (χ1n) is 11.9. The smallest absolute Gasteiger partial charge is 0.274 e. The second-order valence-corrected chi connectivity index (χ2v) is 11.6. The SMILES string of the molecule is CC(C)[C@H]1C[C@@H](N)C[C@@H](c2ccncc2NC(=O)c2ccc(F)c(-c3c(F)cc(S(C)(=O)=O)cc3F)n2)O1. The van der Waals surface area contributed by atoms with Gasteiger partial charge in [-0.15, -0.1) is 0 Å². The molecular formula is C26H27F3N4O4S. The maximum Gasteiger partial charge on any atom is 0.274 e. The summed E-state index contributed by atoms with van der Waals surface area (Å²) in [6.45, 7) is 4.07. The summed E-state index contributed by atoms with van der Waals surface area (Å²) >= 11 is 0. The molecule has 38 heavy (non-hydrogen) atoms. The van der Waals surface area contributed by atoms with Crippen LogP contribution in [-0.4, -0.2) is 42.7 Å². The minimum Gasteiger partial charge on any atom is -0.370 e. The number of hydrogen-bond acceptors (Lipinski definition) is 7. The minimum absolute atomic E-state index is 0.0688. The van der Waals surface area contributed by atoms with Crippen LogP contribution in [0.15, 0.2) is 47.6 Å². The van der Waals surface area contributed by atoms with Crippen molar-refractivity contribution in [1.29, 1.82) is 0 Å². The van der Waals surface area contributed by atoms with E-state index in [0.717, 1.165) is 18.4 Å². The topological polar surface area (TPSA) is 124 Å². The molecule has 0 bridgehead atoms. The molecule has 1 saturated heterocycles. The molecule has 2 aromatic heterocycles. The first-order valence-corrected chi connectivity index (χ1v) is 13.8. The Balaban J connectivity index is 1.65. The van der Waals surface area contributed by atoms with Crippen molar-refractivity contribution in [3.63, 3.8) is 0 Å². The number of hydrogen-bond donors (Lipinski definition) is 2. The van der Waals surface area contributed by atoms with Crippen LogP contribution in [0.2, 0.25) is 0 Å². The standard InChI is InChI=1S/C26H27F3N4O4S/c1-13(2)22-8-14(30)9-23(37-22)16-6-7-31-12-21(16)33-26(34)20-5-4-17(27)25(32-20)24-18(28)10-15(11-19(24)29)38(3,35)36/h4-7,10-14,22-23H,8-9,30H2,1-3H3,(H,33,34)/t14-,22-,23+/m1/s1. The third kappa shape index (κ3) is 5.87. The maximum atomic E-state index is 14.7. The van der Waals surface area contributed by atoms with Crippen molar-refractivity contribution < 1.29 is 31.1 Å². The highest BCUT2D eigenvalue weighted by Gasteiger charge is 2.32. The second kappa shape index (κ2) is 10.8. The van der Waals surface area contributed by atoms with E-state index in [1.807, 2.05) is 13.8 Å². The van der Waals surface area contributed by atoms with Crippen molar-refractivity contribution in [2.24, 2.45) is 11.7 Å². The zero-order valence-corrected chi connectivity index (χ0v) is 21.7. The van der Waals surface area contributed by atoms with E-state index in [-0.39, 0.29) is 23.8 Å². The third-order valence-electron chi connectivity index (χ3n) is 6.34. The number of carbonyl (C=O) groups excluding carboxylic acids is 1. The lowest BCUT2D eigenvalue weighted by Gasteiger charge is -2.36. The number of pyridine rings is 2. The van der Waals surface area contributed by atoms with E-state index in [9.17, 15) is 26.4 Å². The molecule has 8 nitrogen and oxygen atoms in total. The number of amides is 1. The fourth-order valence-corrected chi connectivity index (χ4v) is 4.97. The van der Waals surface area contributed by atoms with E-state index in [2.05, 4.69) is 15.3 Å². The van der Waals surface area contributed by atoms with Crippen LogP contribution in [0.1, 0.15) is 48.8 Å². The minimum atomic E-state index is -3.92. The number of nitrogens with two attached hydrogens (primary N) is 1. The summed E-state index contributed by atoms with van der Waals surface area (Å²) in [4.78, 5) is 20.4. The molecule has 1 aliphatic rings. The highest BCUT2D eigenvalue weighted by Crippen LogP contribution is 2.36. The number of ether oxygens (including phenoxy) is 1. The van der Waals surface area contributed by atoms with Gasteiger partial charge in [0.25, 0.3) is 5.91 Å². The molecule has 1 aliphatic heterocycles. The zero-order chi connectivity index (χ0) is 27.8. The van der Waals surface area contributed by atoms with Gasteiger partial charge in [0, 0.05) is 24.1 Å². The van der Waals surface area contributed by atoms with E-state index in [4.69, 9.17) is 10.5 Å². The summed E-state index contributed by atoms with van der Waals surface area (Å²) < 4.78 is 73.6. The molecular weight excluding hydrogens is 521 g/mol. The van der Waals surface area contributed by atoms with Gasteiger partial charge in [0.1, 0.15) is 28.8 Å². The van der Waals surface area contributed by atoms with Gasteiger partial charge in [-0.2, -0.15) is 0 Å². The number of sulfone groups is 1. The largest absolute Gasteiger partial charge is 0.370 e. The Morgan fingerprint density at radius 3 is 2.42 bits per heavy atom. The lowest BCUT2D eigenvalue weighted by Crippen LogP contribution is -2.39. The number of anilines is 1. The molecule has 0 unspecified atom stereocenters. The predicted molar refractivity (Wildman–Crippen MR) is 135 cm³/mol. The van der Waals surface area contributed by atoms with Crippen LogP contribution in [0.4, 0.5) is 18.9 Å². The number of aromatic nitrogens is 2. The van der Waals surface area contributed by atoms with Crippen molar-refractivity contribution >= 4 is 21.4 Å². The lowest BCUT2D eigenvalue weighted by molar-refractivity contribution is -0.0787. The van der Waals surface area contributed by atoms with Gasteiger partial charge in [-0.1, -0.05) is 13.8 Å². The summed E-state index contributed by atoms with van der Waals surface area (Å²) in [5, 5.41) is 2.67. The van der Waals surface area contributed by atoms with Gasteiger partial charge in [0.15, 0.2) is 9.84 Å². The predicted octanol–water partition coefficient (Wildman–Crippen LogP) is 4.42. The average Bonchev–Trinajstić information content (AvgIpc) is 2.84. The highest BCUT2D eigenvalue weighted by atomic mass is 32.2. The van der Waals surface area contributed by atoms with Crippen LogP contribution >= 0.6 is 0 Å². The van der Waals surface area contributed by atoms with Crippen molar-refractivity contribution in [2.45, 2.75) is 49.8 Å². The van der Waals surface area contributed by atoms with E-state index in [1.54, 1.807) is 12.3 Å². The first kappa shape index (κ1) is 27.7. The van der Waals surface area contributed by atoms with Crippen LogP contribution < -0.4 is 11.1 Å². The molecule has 202 valence electrons. The van der Waals surface area contributed by atoms with Gasteiger partial charge < -0.3 is 15.8 Å². The summed E-state index contributed by atoms with van der Waals surface area (Å²) in [6, 6.07) is 4.66. The summed E-state index contributed by atoms with van der Waals surface area (Å²) in [7, 11) is -3.92. The average molecular weight is 549 g/mol. The molecule has 3 heterocycles. The molecule has 4 rings (SSSR count). The number of carbonyl (C=O) groups is 1. The number of nitrogens with zero attached hydrogens (tertiary/aromatic N) is 2. The van der Waals surface area contributed by atoms with Crippen LogP contribution in [0.25, 0.3) is 11.3 Å². The monoisotopic (exact) mass is 548 g/mol. The molecule has 1 aromatic carbocycles. The Morgan fingerprint density at radius 1 is 1.11 bits per heavy atom. The van der Waals surface area contributed by atoms with Crippen LogP contribution in [-0.2, 0) is 14.6 Å². The molecule has 12 heteroatoms. The fourth-order valence-electron chi connectivity index (χ4n) is 4.33. The summed E-state index contributed by atoms with van der Waals surface area (Å²) in [5.41, 5.74) is 5.22. The third-order valence-corrected chi connectivity index (χ3v) is 7.44. The Labute approximate surface area is 218 Å². The number of rotatable bonds is 6. The number of benzene rings is 1. The highest BCUT2D eigenvalue weighted by molar-refractivity contribution is 7.90. The van der Waals surface area contributed by atoms with Gasteiger partial charge >= 0.3 is 0 Å². The molecule has 1 fully saturated rings. The van der Waals surface area contributed by atoms with Gasteiger partial charge in [-0.05, 0) is 49.1 Å². The van der Waals surface area contributed by atoms with Crippen LogP contribution in [0.5, 0.6) is 0 Å². The number of halogens is 3. The molecule has 0 saturated carbocycles. The van der Waals surface area contributed by atoms with E-state index in [1.165, 1.54) is 6.20 Å². The molecule has 3 atom stereocenters. The second-order valence-electron chi connectivity index (χ2n) is 9.62. The van der Waals surface area contributed by atoms with Crippen molar-refractivity contribution in [1.82, 2.24) is 9.97 Å². The van der Waals surface area contributed by atoms with Gasteiger partial charge in [-0.25, -0.2) is 26.6 Å². The van der Waals surface area contributed by atoms with Gasteiger partial charge in [-0.3, -0.25) is 9.78 Å². The normalized spacial score (nSPS) is 19.9. The molecule has 1 amide bonds. The van der Waals surface area contributed by atoms with Crippen molar-refractivity contribution in [3.8, 4) is 11.3 Å². The van der Waals surface area contributed by atoms with Crippen LogP contribution in [0, 0.1) is 23.4 Å². The Morgan fingerprint density at radius 2 is 1.79 bits per heavy atom. The first-order chi connectivity index (χ1) is 17.8. The molecule has 0 radical (unpaired) electrons. The number of nitrogens with one attached hydrogen (secondary N) is 1. The quantitative estimate of drug-likeness (QED) is 0.467. The Kier molecular flexibility index (Phi) is 7.86. The van der Waals surface area contributed by atoms with E-state index in [0.29, 0.717) is 36.2 Å². The Bertz CT molecular complexity index is 1460. The maximum absolute atomic E-state index is 14.7. The Hall–Kier alpha value is -3.35. The van der Waals surface area contributed by atoms with Gasteiger partial charge in [0.05, 0.1) is 34.6 Å². The van der Waals surface area contributed by atoms with Crippen molar-refractivity contribution in [3.05, 3.63) is 71.4 Å². The fraction of sp³-hybridized carbons (Fsp3) is 0.346. The summed E-state index contributed by atoms with van der Waals surface area (Å²) in [6.07, 6.45) is 4.52. The van der Waals surface area contributed by atoms with Crippen LogP contribution in [0.3, 0.4) is 0 Å². The molecule has 3 aromatic rings. The van der Waals surface area contributed by atoms with E-state index >= 15 is 0 Å². The van der Waals surface area contributed by atoms with Gasteiger partial charge in [0.2, 0.25) is 0 Å². The molecule has 0 aliphatic carbocycles. The van der Waals surface area contributed by atoms with E-state index < -0.39 is 55.5 Å². The molecule has 0 spiro atoms.